The van der Waals surface area contributed by atoms with E-state index < -0.39 is 23.5 Å². The number of aliphatic hydroxyl groups is 1. The summed E-state index contributed by atoms with van der Waals surface area (Å²) in [4.78, 5) is 31.5. The van der Waals surface area contributed by atoms with Gasteiger partial charge >= 0.3 is 0 Å². The van der Waals surface area contributed by atoms with Crippen molar-refractivity contribution in [3.63, 3.8) is 0 Å². The van der Waals surface area contributed by atoms with Gasteiger partial charge in [0.25, 0.3) is 11.7 Å². The first-order valence-corrected chi connectivity index (χ1v) is 9.71. The van der Waals surface area contributed by atoms with Crippen molar-refractivity contribution in [2.24, 2.45) is 0 Å². The summed E-state index contributed by atoms with van der Waals surface area (Å²) in [5, 5.41) is 10.9. The van der Waals surface area contributed by atoms with E-state index in [0.717, 1.165) is 0 Å². The number of halogens is 1. The number of anilines is 1. The van der Waals surface area contributed by atoms with Crippen LogP contribution < -0.4 is 9.64 Å². The van der Waals surface area contributed by atoms with Crippen molar-refractivity contribution in [3.8, 4) is 5.75 Å². The van der Waals surface area contributed by atoms with E-state index in [9.17, 15) is 19.1 Å². The molecule has 1 aromatic heterocycles. The lowest BCUT2D eigenvalue weighted by atomic mass is 9.96. The van der Waals surface area contributed by atoms with E-state index in [1.54, 1.807) is 42.6 Å². The Kier molecular flexibility index (Phi) is 5.49. The predicted molar refractivity (Wildman–Crippen MR) is 113 cm³/mol. The Hall–Kier alpha value is -4.00. The average Bonchev–Trinajstić information content (AvgIpc) is 3.05. The molecule has 156 valence electrons. The second-order valence-corrected chi connectivity index (χ2v) is 6.89. The molecule has 0 bridgehead atoms. The maximum Gasteiger partial charge on any atom is 0.300 e. The number of Topliss-reactive ketones (excluding diaryl/α,β-unsaturated/α-hetero) is 1. The second kappa shape index (κ2) is 8.39. The number of carbonyl (C=O) groups is 2. The molecule has 0 aliphatic carbocycles. The van der Waals surface area contributed by atoms with E-state index in [2.05, 4.69) is 4.98 Å². The number of carbonyl (C=O) groups excluding carboxylic acids is 2. The van der Waals surface area contributed by atoms with Crippen molar-refractivity contribution >= 4 is 23.1 Å². The first-order chi connectivity index (χ1) is 15.0. The summed E-state index contributed by atoms with van der Waals surface area (Å²) in [6, 6.07) is 14.4. The number of hydrogen-bond donors (Lipinski definition) is 1. The molecule has 1 unspecified atom stereocenters. The first-order valence-electron chi connectivity index (χ1n) is 9.71. The minimum atomic E-state index is -0.907. The molecule has 31 heavy (non-hydrogen) atoms. The number of aromatic nitrogens is 1. The third-order valence-electron chi connectivity index (χ3n) is 4.97. The Morgan fingerprint density at radius 2 is 1.90 bits per heavy atom. The number of ether oxygens (including phenoxy) is 1. The maximum absolute atomic E-state index is 13.3. The van der Waals surface area contributed by atoms with Gasteiger partial charge < -0.3 is 9.84 Å². The van der Waals surface area contributed by atoms with Crippen LogP contribution in [0.2, 0.25) is 0 Å². The number of hydrogen-bond acceptors (Lipinski definition) is 5. The summed E-state index contributed by atoms with van der Waals surface area (Å²) in [6.07, 6.45) is 3.11. The molecule has 2 heterocycles. The molecule has 7 heteroatoms. The molecule has 1 N–H and O–H groups in total. The van der Waals surface area contributed by atoms with Crippen LogP contribution in [0.3, 0.4) is 0 Å². The average molecular weight is 418 g/mol. The Balaban J connectivity index is 1.91. The lowest BCUT2D eigenvalue weighted by molar-refractivity contribution is -0.132. The zero-order valence-electron chi connectivity index (χ0n) is 16.7. The van der Waals surface area contributed by atoms with E-state index >= 15 is 0 Å². The molecule has 3 aromatic rings. The molecule has 0 saturated carbocycles. The van der Waals surface area contributed by atoms with Crippen molar-refractivity contribution < 1.29 is 23.8 Å². The molecule has 1 atom stereocenters. The van der Waals surface area contributed by atoms with E-state index in [0.29, 0.717) is 23.6 Å². The highest BCUT2D eigenvalue weighted by Crippen LogP contribution is 2.42. The lowest BCUT2D eigenvalue weighted by Crippen LogP contribution is -2.29. The van der Waals surface area contributed by atoms with Gasteiger partial charge in [0.1, 0.15) is 17.3 Å². The third-order valence-corrected chi connectivity index (χ3v) is 4.97. The van der Waals surface area contributed by atoms with E-state index in [1.165, 1.54) is 35.4 Å². The van der Waals surface area contributed by atoms with Gasteiger partial charge in [-0.2, -0.15) is 0 Å². The molecule has 1 fully saturated rings. The summed E-state index contributed by atoms with van der Waals surface area (Å²) >= 11 is 0. The molecule has 0 radical (unpaired) electrons. The number of benzene rings is 2. The van der Waals surface area contributed by atoms with Crippen molar-refractivity contribution in [1.29, 1.82) is 0 Å². The molecular weight excluding hydrogens is 399 g/mol. The molecule has 2 aromatic carbocycles. The number of ketones is 1. The van der Waals surface area contributed by atoms with Crippen LogP contribution in [0.15, 0.2) is 78.6 Å². The Bertz CT molecular complexity index is 1160. The molecule has 1 aliphatic heterocycles. The monoisotopic (exact) mass is 418 g/mol. The van der Waals surface area contributed by atoms with Crippen molar-refractivity contribution in [2.75, 3.05) is 11.5 Å². The number of pyridine rings is 1. The van der Waals surface area contributed by atoms with Crippen molar-refractivity contribution in [2.45, 2.75) is 13.0 Å². The van der Waals surface area contributed by atoms with Crippen LogP contribution in [-0.2, 0) is 9.59 Å². The number of nitrogens with zero attached hydrogens (tertiary/aromatic N) is 2. The van der Waals surface area contributed by atoms with E-state index in [4.69, 9.17) is 4.74 Å². The normalized spacial score (nSPS) is 17.7. The molecule has 0 spiro atoms. The summed E-state index contributed by atoms with van der Waals surface area (Å²) in [6.45, 7) is 2.29. The minimum absolute atomic E-state index is 0.0913. The quantitative estimate of drug-likeness (QED) is 0.381. The van der Waals surface area contributed by atoms with Gasteiger partial charge in [0.15, 0.2) is 0 Å². The Labute approximate surface area is 178 Å². The smallest absolute Gasteiger partial charge is 0.300 e. The minimum Gasteiger partial charge on any atom is -0.507 e. The summed E-state index contributed by atoms with van der Waals surface area (Å²) < 4.78 is 18.9. The van der Waals surface area contributed by atoms with Crippen LogP contribution in [0.4, 0.5) is 10.1 Å². The van der Waals surface area contributed by atoms with E-state index in [-0.39, 0.29) is 16.9 Å². The van der Waals surface area contributed by atoms with Gasteiger partial charge in [0.2, 0.25) is 0 Å². The number of rotatable bonds is 5. The predicted octanol–water partition coefficient (Wildman–Crippen LogP) is 4.25. The fourth-order valence-corrected chi connectivity index (χ4v) is 3.61. The van der Waals surface area contributed by atoms with Gasteiger partial charge in [-0.15, -0.1) is 0 Å². The highest BCUT2D eigenvalue weighted by atomic mass is 19.1. The molecule has 1 aliphatic rings. The molecule has 4 rings (SSSR count). The van der Waals surface area contributed by atoms with Crippen LogP contribution in [0, 0.1) is 5.82 Å². The standard InChI is InChI=1S/C24H19FN2O4/c1-2-31-19-7-3-6-18(13-19)27-21(16-5-4-12-26-14-16)20(23(29)24(27)30)22(28)15-8-10-17(25)11-9-15/h3-14,21,28H,2H2,1H3/b22-20+. The maximum atomic E-state index is 13.3. The van der Waals surface area contributed by atoms with Gasteiger partial charge in [-0.1, -0.05) is 12.1 Å². The van der Waals surface area contributed by atoms with Crippen LogP contribution in [-0.4, -0.2) is 28.4 Å². The fourth-order valence-electron chi connectivity index (χ4n) is 3.61. The zero-order valence-corrected chi connectivity index (χ0v) is 16.7. The van der Waals surface area contributed by atoms with Gasteiger partial charge in [0, 0.05) is 29.7 Å². The van der Waals surface area contributed by atoms with E-state index in [1.807, 2.05) is 6.92 Å². The first kappa shape index (κ1) is 20.3. The molecular formula is C24H19FN2O4. The Morgan fingerprint density at radius 3 is 2.58 bits per heavy atom. The molecule has 6 nitrogen and oxygen atoms in total. The third kappa shape index (κ3) is 3.77. The molecule has 1 saturated heterocycles. The number of aliphatic hydroxyl groups excluding tert-OH is 1. The van der Waals surface area contributed by atoms with Crippen molar-refractivity contribution in [1.82, 2.24) is 4.98 Å². The molecule has 1 amide bonds. The van der Waals surface area contributed by atoms with Crippen LogP contribution in [0.25, 0.3) is 5.76 Å². The second-order valence-electron chi connectivity index (χ2n) is 6.89. The highest BCUT2D eigenvalue weighted by molar-refractivity contribution is 6.51. The summed E-state index contributed by atoms with van der Waals surface area (Å²) in [7, 11) is 0. The highest BCUT2D eigenvalue weighted by Gasteiger charge is 2.47. The van der Waals surface area contributed by atoms with Crippen LogP contribution in [0.5, 0.6) is 5.75 Å². The summed E-state index contributed by atoms with van der Waals surface area (Å²) in [5.41, 5.74) is 1.13. The fraction of sp³-hybridized carbons (Fsp3) is 0.125. The number of amides is 1. The van der Waals surface area contributed by atoms with Gasteiger partial charge in [-0.05, 0) is 55.0 Å². The van der Waals surface area contributed by atoms with Crippen LogP contribution >= 0.6 is 0 Å². The van der Waals surface area contributed by atoms with Gasteiger partial charge in [0.05, 0.1) is 18.2 Å². The zero-order chi connectivity index (χ0) is 22.0. The topological polar surface area (TPSA) is 79.7 Å². The SMILES string of the molecule is CCOc1cccc(N2C(=O)C(=O)/C(=C(/O)c3ccc(F)cc3)C2c2cccnc2)c1. The Morgan fingerprint density at radius 1 is 1.13 bits per heavy atom. The summed E-state index contributed by atoms with van der Waals surface area (Å²) in [5.74, 6) is -1.93. The lowest BCUT2D eigenvalue weighted by Gasteiger charge is -2.25. The van der Waals surface area contributed by atoms with Gasteiger partial charge in [-0.3, -0.25) is 19.5 Å². The van der Waals surface area contributed by atoms with Crippen LogP contribution in [0.1, 0.15) is 24.1 Å². The van der Waals surface area contributed by atoms with Crippen molar-refractivity contribution in [3.05, 3.63) is 95.6 Å². The van der Waals surface area contributed by atoms with Gasteiger partial charge in [-0.25, -0.2) is 4.39 Å². The largest absolute Gasteiger partial charge is 0.507 e.